The topological polar surface area (TPSA) is 12.9 Å². The SMILES string of the molecule is Ic1sc(I)c2c1ncc1sccc12. The van der Waals surface area contributed by atoms with E-state index in [4.69, 9.17) is 0 Å². The summed E-state index contributed by atoms with van der Waals surface area (Å²) in [7, 11) is 0. The summed E-state index contributed by atoms with van der Waals surface area (Å²) in [6, 6.07) is 2.19. The van der Waals surface area contributed by atoms with Crippen molar-refractivity contribution in [3.05, 3.63) is 23.4 Å². The molecule has 0 amide bonds. The van der Waals surface area contributed by atoms with Crippen molar-refractivity contribution in [1.82, 2.24) is 4.98 Å². The minimum Gasteiger partial charge on any atom is -0.253 e. The largest absolute Gasteiger partial charge is 0.253 e. The first kappa shape index (κ1) is 9.73. The van der Waals surface area contributed by atoms with Gasteiger partial charge in [0.05, 0.1) is 16.0 Å². The molecule has 0 spiro atoms. The van der Waals surface area contributed by atoms with Gasteiger partial charge in [-0.15, -0.1) is 22.7 Å². The number of pyridine rings is 1. The van der Waals surface area contributed by atoms with Gasteiger partial charge in [0.1, 0.15) is 0 Å². The van der Waals surface area contributed by atoms with Gasteiger partial charge in [-0.25, -0.2) is 0 Å². The Bertz CT molecular complexity index is 626. The zero-order chi connectivity index (χ0) is 9.71. The Morgan fingerprint density at radius 1 is 1.21 bits per heavy atom. The van der Waals surface area contributed by atoms with Crippen molar-refractivity contribution in [2.45, 2.75) is 0 Å². The molecule has 0 aromatic carbocycles. The average Bonchev–Trinajstić information content (AvgIpc) is 2.71. The van der Waals surface area contributed by atoms with Gasteiger partial charge in [0.2, 0.25) is 0 Å². The zero-order valence-corrected chi connectivity index (χ0v) is 12.7. The Hall–Kier alpha value is 0.530. The standard InChI is InChI=1S/C9H3I2NS2/c10-8-6-4-1-2-13-5(4)3-12-7(6)9(11)14-8/h1-3H. The molecular formula is C9H3I2NS2. The van der Waals surface area contributed by atoms with Gasteiger partial charge in [-0.2, -0.15) is 0 Å². The molecule has 0 N–H and O–H groups in total. The summed E-state index contributed by atoms with van der Waals surface area (Å²) < 4.78 is 3.92. The van der Waals surface area contributed by atoms with Gasteiger partial charge in [-0.3, -0.25) is 4.98 Å². The van der Waals surface area contributed by atoms with Gasteiger partial charge < -0.3 is 0 Å². The van der Waals surface area contributed by atoms with Crippen molar-refractivity contribution in [3.8, 4) is 0 Å². The Morgan fingerprint density at radius 3 is 2.93 bits per heavy atom. The molecule has 0 bridgehead atoms. The fourth-order valence-electron chi connectivity index (χ4n) is 1.47. The minimum absolute atomic E-state index is 1.16. The summed E-state index contributed by atoms with van der Waals surface area (Å²) in [4.78, 5) is 4.51. The first-order valence-electron chi connectivity index (χ1n) is 3.87. The highest BCUT2D eigenvalue weighted by molar-refractivity contribution is 14.1. The first-order chi connectivity index (χ1) is 6.77. The van der Waals surface area contributed by atoms with E-state index in [2.05, 4.69) is 61.6 Å². The third-order valence-corrected chi connectivity index (χ3v) is 6.05. The zero-order valence-electron chi connectivity index (χ0n) is 6.75. The van der Waals surface area contributed by atoms with Crippen molar-refractivity contribution in [2.24, 2.45) is 0 Å². The number of aromatic nitrogens is 1. The number of thiophene rings is 2. The molecule has 3 heterocycles. The predicted octanol–water partition coefficient (Wildman–Crippen LogP) is 4.72. The maximum atomic E-state index is 4.51. The fourth-order valence-corrected chi connectivity index (χ4v) is 6.49. The fraction of sp³-hybridized carbons (Fsp3) is 0. The summed E-state index contributed by atoms with van der Waals surface area (Å²) in [6.45, 7) is 0. The lowest BCUT2D eigenvalue weighted by Crippen LogP contribution is -1.75. The molecule has 5 heteroatoms. The highest BCUT2D eigenvalue weighted by atomic mass is 127. The molecule has 1 nitrogen and oxygen atoms in total. The molecule has 0 fully saturated rings. The van der Waals surface area contributed by atoms with E-state index in [1.807, 2.05) is 17.5 Å². The molecular weight excluding hydrogens is 440 g/mol. The van der Waals surface area contributed by atoms with Gasteiger partial charge >= 0.3 is 0 Å². The second kappa shape index (κ2) is 3.53. The molecule has 0 aliphatic carbocycles. The van der Waals surface area contributed by atoms with Crippen LogP contribution in [0.5, 0.6) is 0 Å². The number of nitrogens with zero attached hydrogens (tertiary/aromatic N) is 1. The number of hydrogen-bond donors (Lipinski definition) is 0. The molecule has 14 heavy (non-hydrogen) atoms. The minimum atomic E-state index is 1.16. The van der Waals surface area contributed by atoms with E-state index >= 15 is 0 Å². The summed E-state index contributed by atoms with van der Waals surface area (Å²) in [5.41, 5.74) is 1.16. The summed E-state index contributed by atoms with van der Waals surface area (Å²) in [5, 5.41) is 4.81. The highest BCUT2D eigenvalue weighted by Crippen LogP contribution is 2.37. The normalized spacial score (nSPS) is 11.6. The molecule has 0 radical (unpaired) electrons. The number of rotatable bonds is 0. The molecule has 0 aliphatic rings. The van der Waals surface area contributed by atoms with E-state index in [1.54, 1.807) is 11.3 Å². The first-order valence-corrected chi connectivity index (χ1v) is 7.72. The number of halogens is 2. The average molecular weight is 443 g/mol. The van der Waals surface area contributed by atoms with Crippen LogP contribution in [0.3, 0.4) is 0 Å². The molecule has 0 unspecified atom stereocenters. The third-order valence-electron chi connectivity index (χ3n) is 2.07. The summed E-state index contributed by atoms with van der Waals surface area (Å²) in [6.07, 6.45) is 1.98. The van der Waals surface area contributed by atoms with Gasteiger partial charge in [0.25, 0.3) is 0 Å². The van der Waals surface area contributed by atoms with E-state index in [9.17, 15) is 0 Å². The Kier molecular flexibility index (Phi) is 2.45. The van der Waals surface area contributed by atoms with Crippen LogP contribution in [0.4, 0.5) is 0 Å². The van der Waals surface area contributed by atoms with Crippen molar-refractivity contribution >= 4 is 88.8 Å². The van der Waals surface area contributed by atoms with Crippen LogP contribution in [-0.2, 0) is 0 Å². The van der Waals surface area contributed by atoms with Gasteiger partial charge in [0.15, 0.2) is 0 Å². The van der Waals surface area contributed by atoms with E-state index in [-0.39, 0.29) is 0 Å². The summed E-state index contributed by atoms with van der Waals surface area (Å²) >= 11 is 8.34. The lowest BCUT2D eigenvalue weighted by Gasteiger charge is -1.93. The Balaban J connectivity index is 2.68. The number of hydrogen-bond acceptors (Lipinski definition) is 3. The maximum Gasteiger partial charge on any atom is 0.0962 e. The van der Waals surface area contributed by atoms with Crippen LogP contribution in [0.25, 0.3) is 21.0 Å². The van der Waals surface area contributed by atoms with Crippen molar-refractivity contribution in [3.63, 3.8) is 0 Å². The van der Waals surface area contributed by atoms with Crippen LogP contribution in [0.2, 0.25) is 0 Å². The van der Waals surface area contributed by atoms with Gasteiger partial charge in [0, 0.05) is 17.0 Å². The molecule has 0 atom stereocenters. The monoisotopic (exact) mass is 443 g/mol. The van der Waals surface area contributed by atoms with Gasteiger partial charge in [-0.05, 0) is 56.6 Å². The van der Waals surface area contributed by atoms with E-state index in [1.165, 1.54) is 21.2 Å². The molecule has 3 rings (SSSR count). The van der Waals surface area contributed by atoms with Crippen LogP contribution in [0.15, 0.2) is 17.6 Å². The van der Waals surface area contributed by atoms with E-state index in [0.717, 1.165) is 5.52 Å². The Labute approximate surface area is 116 Å². The highest BCUT2D eigenvalue weighted by Gasteiger charge is 2.12. The second-order valence-electron chi connectivity index (χ2n) is 2.83. The van der Waals surface area contributed by atoms with E-state index in [0.29, 0.717) is 0 Å². The van der Waals surface area contributed by atoms with Gasteiger partial charge in [-0.1, -0.05) is 0 Å². The van der Waals surface area contributed by atoms with Crippen LogP contribution in [0, 0.1) is 5.77 Å². The maximum absolute atomic E-state index is 4.51. The quantitative estimate of drug-likeness (QED) is 0.459. The smallest absolute Gasteiger partial charge is 0.0962 e. The number of fused-ring (bicyclic) bond motifs is 3. The molecule has 3 aromatic rings. The second-order valence-corrected chi connectivity index (χ2v) is 8.42. The molecule has 0 aliphatic heterocycles. The van der Waals surface area contributed by atoms with Crippen molar-refractivity contribution in [2.75, 3.05) is 0 Å². The molecule has 0 saturated carbocycles. The van der Waals surface area contributed by atoms with Crippen LogP contribution >= 0.6 is 67.9 Å². The lowest BCUT2D eigenvalue weighted by atomic mass is 10.2. The predicted molar refractivity (Wildman–Crippen MR) is 80.4 cm³/mol. The molecule has 0 saturated heterocycles. The van der Waals surface area contributed by atoms with E-state index < -0.39 is 0 Å². The van der Waals surface area contributed by atoms with Crippen LogP contribution in [0.1, 0.15) is 0 Å². The molecule has 70 valence electrons. The summed E-state index contributed by atoms with van der Waals surface area (Å²) in [5.74, 6) is 0. The molecule has 3 aromatic heterocycles. The van der Waals surface area contributed by atoms with Crippen molar-refractivity contribution in [1.29, 1.82) is 0 Å². The lowest BCUT2D eigenvalue weighted by molar-refractivity contribution is 1.46. The Morgan fingerprint density at radius 2 is 2.07 bits per heavy atom. The van der Waals surface area contributed by atoms with Crippen molar-refractivity contribution < 1.29 is 0 Å². The van der Waals surface area contributed by atoms with Crippen LogP contribution < -0.4 is 0 Å². The third kappa shape index (κ3) is 1.32. The van der Waals surface area contributed by atoms with Crippen LogP contribution in [-0.4, -0.2) is 4.98 Å².